The molecule has 2 aliphatic carbocycles. The predicted octanol–water partition coefficient (Wildman–Crippen LogP) is 3.26. The molecule has 2 rings (SSSR count). The van der Waals surface area contributed by atoms with E-state index >= 15 is 0 Å². The van der Waals surface area contributed by atoms with Crippen molar-refractivity contribution in [3.05, 3.63) is 56.1 Å². The second-order valence-electron chi connectivity index (χ2n) is 12.1. The summed E-state index contributed by atoms with van der Waals surface area (Å²) >= 11 is 0. The molecule has 2 atom stereocenters. The predicted molar refractivity (Wildman–Crippen MR) is 162 cm³/mol. The molecule has 0 aromatic rings. The smallest absolute Gasteiger partial charge is 1.00 e. The van der Waals surface area contributed by atoms with Gasteiger partial charge in [0.15, 0.2) is 0 Å². The van der Waals surface area contributed by atoms with Crippen LogP contribution in [0.5, 0.6) is 0 Å². The van der Waals surface area contributed by atoms with Crippen molar-refractivity contribution in [1.82, 2.24) is 0 Å². The molecule has 0 bridgehead atoms. The molecular formula is C30H52Cl2N2Si2Zr2. The van der Waals surface area contributed by atoms with E-state index < -0.39 is 27.9 Å². The second-order valence-corrected chi connectivity index (χ2v) is 17.1. The number of hydrogen-bond donors (Lipinski definition) is 0. The van der Waals surface area contributed by atoms with E-state index in [4.69, 9.17) is 11.5 Å². The molecule has 2 unspecified atom stereocenters. The Morgan fingerprint density at radius 2 is 0.763 bits per heavy atom. The number of hydrogen-bond acceptors (Lipinski definition) is 0. The molecule has 8 heteroatoms. The Morgan fingerprint density at radius 1 is 0.553 bits per heavy atom. The molecule has 2 aliphatic rings. The zero-order valence-corrected chi connectivity index (χ0v) is 35.3. The molecule has 0 aromatic carbocycles. The van der Waals surface area contributed by atoms with Gasteiger partial charge in [0.1, 0.15) is 0 Å². The van der Waals surface area contributed by atoms with Crippen molar-refractivity contribution in [2.24, 2.45) is 11.8 Å². The first kappa shape index (κ1) is 46.4. The molecule has 2 N–H and O–H groups in total. The van der Waals surface area contributed by atoms with Crippen LogP contribution in [0.25, 0.3) is 11.5 Å². The molecule has 0 aliphatic heterocycles. The molecule has 38 heavy (non-hydrogen) atoms. The first-order valence-electron chi connectivity index (χ1n) is 12.8. The first-order valence-corrected chi connectivity index (χ1v) is 17.8. The fourth-order valence-corrected chi connectivity index (χ4v) is 10.4. The maximum absolute atomic E-state index is 8.43. The maximum Gasteiger partial charge on any atom is 2.00 e. The molecule has 0 fully saturated rings. The number of allylic oxidation sites excluding steroid dienone is 6. The summed E-state index contributed by atoms with van der Waals surface area (Å²) in [7, 11) is -1.16. The molecule has 0 saturated heterocycles. The Kier molecular flexibility index (Phi) is 21.4. The van der Waals surface area contributed by atoms with Gasteiger partial charge in [-0.15, -0.1) is 11.1 Å². The van der Waals surface area contributed by atoms with Crippen molar-refractivity contribution in [3.63, 3.8) is 0 Å². The van der Waals surface area contributed by atoms with Gasteiger partial charge in [0.05, 0.1) is 0 Å². The summed E-state index contributed by atoms with van der Waals surface area (Å²) < 4.78 is 0. The van der Waals surface area contributed by atoms with Crippen molar-refractivity contribution in [1.29, 1.82) is 0 Å². The maximum atomic E-state index is 8.43. The van der Waals surface area contributed by atoms with Crippen LogP contribution in [0.4, 0.5) is 0 Å². The van der Waals surface area contributed by atoms with Crippen LogP contribution in [-0.2, 0) is 52.4 Å². The molecule has 0 spiro atoms. The molecule has 2 nitrogen and oxygen atoms in total. The fourth-order valence-electron chi connectivity index (χ4n) is 6.00. The second kappa shape index (κ2) is 17.5. The van der Waals surface area contributed by atoms with E-state index in [9.17, 15) is 0 Å². The molecule has 0 amide bonds. The van der Waals surface area contributed by atoms with E-state index in [0.29, 0.717) is 11.8 Å². The summed E-state index contributed by atoms with van der Waals surface area (Å²) in [6.07, 6.45) is 0. The third kappa shape index (κ3) is 10.3. The summed E-state index contributed by atoms with van der Waals surface area (Å²) in [5, 5.41) is 2.81. The van der Waals surface area contributed by atoms with Gasteiger partial charge < -0.3 is 36.3 Å². The van der Waals surface area contributed by atoms with E-state index in [1.807, 2.05) is 27.7 Å². The first-order chi connectivity index (χ1) is 15.2. The van der Waals surface area contributed by atoms with Gasteiger partial charge in [-0.25, -0.2) is 0 Å². The van der Waals surface area contributed by atoms with Crippen LogP contribution in [0, 0.1) is 11.8 Å². The van der Waals surface area contributed by atoms with Gasteiger partial charge in [-0.05, 0) is 75.0 Å². The van der Waals surface area contributed by atoms with Gasteiger partial charge in [-0.1, -0.05) is 89.2 Å². The van der Waals surface area contributed by atoms with Gasteiger partial charge in [-0.3, -0.25) is 0 Å². The summed E-state index contributed by atoms with van der Waals surface area (Å²) in [6.45, 7) is 35.4. The standard InChI is InChI=1S/2C15H26NSi.2ClH.2Zr/c2*1-9-10(2)12(4)13(11(9)3)14(17(7)8)15(5,6)16;;;;/h2*11,16H,1-8H3;2*1H;;/q2*-1;;;2*+2/p-2. The van der Waals surface area contributed by atoms with Gasteiger partial charge in [-0.2, -0.15) is 0 Å². The molecule has 0 saturated carbocycles. The average molecular weight is 750 g/mol. The van der Waals surface area contributed by atoms with Gasteiger partial charge in [0.2, 0.25) is 0 Å². The topological polar surface area (TPSA) is 47.6 Å². The Morgan fingerprint density at radius 3 is 0.868 bits per heavy atom. The Bertz CT molecular complexity index is 959. The van der Waals surface area contributed by atoms with Crippen LogP contribution < -0.4 is 24.8 Å². The number of nitrogens with one attached hydrogen (secondary N) is 2. The van der Waals surface area contributed by atoms with Gasteiger partial charge >= 0.3 is 52.4 Å². The molecule has 0 heterocycles. The van der Waals surface area contributed by atoms with Crippen molar-refractivity contribution in [3.8, 4) is 0 Å². The normalized spacial score (nSPS) is 19.1. The van der Waals surface area contributed by atoms with Gasteiger partial charge in [0.25, 0.3) is 0 Å². The molecular weight excluding hydrogens is 698 g/mol. The molecule has 0 aromatic heterocycles. The van der Waals surface area contributed by atoms with E-state index in [-0.39, 0.29) is 77.2 Å². The largest absolute Gasteiger partial charge is 2.00 e. The Labute approximate surface area is 289 Å². The van der Waals surface area contributed by atoms with Gasteiger partial charge in [0, 0.05) is 28.7 Å². The zero-order valence-electron chi connectivity index (χ0n) is 26.9. The summed E-state index contributed by atoms with van der Waals surface area (Å²) in [5.41, 5.74) is 27.6. The van der Waals surface area contributed by atoms with E-state index in [0.717, 1.165) is 0 Å². The third-order valence-electron chi connectivity index (χ3n) is 8.07. The monoisotopic (exact) mass is 746 g/mol. The van der Waals surface area contributed by atoms with E-state index in [2.05, 4.69) is 81.6 Å². The van der Waals surface area contributed by atoms with Crippen LogP contribution in [0.15, 0.2) is 44.6 Å². The average Bonchev–Trinajstić information content (AvgIpc) is 2.96. The van der Waals surface area contributed by atoms with Crippen LogP contribution in [-0.4, -0.2) is 38.2 Å². The number of rotatable bonds is 4. The minimum atomic E-state index is -0.580. The van der Waals surface area contributed by atoms with Crippen LogP contribution >= 0.6 is 0 Å². The SMILES string of the molecule is CC1=C(C)C(C)C(C(=[Si](C)C)C(C)(C)[NH-])=C1C.CC1=C(C)C(C)C(C(=[Si](C)C)C(C)(C)[NH-])=C1C.[Cl-].[Cl-].[Zr+2].[Zr+2]. The zero-order chi connectivity index (χ0) is 27.1. The Hall–Kier alpha value is 1.40. The molecule has 0 radical (unpaired) electrons. The van der Waals surface area contributed by atoms with E-state index in [1.54, 1.807) is 0 Å². The summed E-state index contributed by atoms with van der Waals surface area (Å²) in [5.74, 6) is 1.02. The minimum absolute atomic E-state index is 0. The van der Waals surface area contributed by atoms with Crippen molar-refractivity contribution in [2.75, 3.05) is 0 Å². The number of halogens is 2. The van der Waals surface area contributed by atoms with Crippen LogP contribution in [0.1, 0.15) is 83.1 Å². The Balaban J connectivity index is -0.000000275. The van der Waals surface area contributed by atoms with Crippen molar-refractivity contribution in [2.45, 2.75) is 120 Å². The summed E-state index contributed by atoms with van der Waals surface area (Å²) in [4.78, 5) is 0. The van der Waals surface area contributed by atoms with Crippen LogP contribution in [0.3, 0.4) is 0 Å². The fraction of sp³-hybridized carbons (Fsp3) is 0.667. The summed E-state index contributed by atoms with van der Waals surface area (Å²) in [6, 6.07) is 0. The third-order valence-corrected chi connectivity index (χ3v) is 11.9. The minimum Gasteiger partial charge on any atom is -1.00 e. The quantitative estimate of drug-likeness (QED) is 0.397. The van der Waals surface area contributed by atoms with Crippen molar-refractivity contribution >= 4 is 27.2 Å². The van der Waals surface area contributed by atoms with Crippen LogP contribution in [0.2, 0.25) is 26.2 Å². The van der Waals surface area contributed by atoms with Crippen molar-refractivity contribution < 1.29 is 77.2 Å². The molecule has 212 valence electrons. The van der Waals surface area contributed by atoms with E-state index in [1.165, 1.54) is 54.9 Å².